The van der Waals surface area contributed by atoms with E-state index in [4.69, 9.17) is 0 Å². The molecule has 0 aliphatic rings. The summed E-state index contributed by atoms with van der Waals surface area (Å²) in [5.74, 6) is 0.300. The van der Waals surface area contributed by atoms with Gasteiger partial charge in [-0.3, -0.25) is 14.9 Å². The number of carbonyl (C=O) groups excluding carboxylic acids is 1. The number of nitro groups is 1. The number of nitrogens with zero attached hydrogens (tertiary/aromatic N) is 7. The van der Waals surface area contributed by atoms with Gasteiger partial charge in [0.05, 0.1) is 16.3 Å². The Balaban J connectivity index is 1.61. The molecular weight excluding hydrogens is 412 g/mol. The van der Waals surface area contributed by atoms with E-state index in [0.717, 1.165) is 5.69 Å². The number of amides is 1. The molecule has 1 N–H and O–H groups in total. The normalized spacial score (nSPS) is 11.3. The predicted octanol–water partition coefficient (Wildman–Crippen LogP) is 3.31. The SMILES string of the molecule is CC(C)(C)c1cc(NC(=O)c2ccn(-c3ccc([N+](=O)[O-])cc3)n2)n(-c2ncccn2)n1. The largest absolute Gasteiger partial charge is 0.305 e. The highest BCUT2D eigenvalue weighted by Gasteiger charge is 2.23. The smallest absolute Gasteiger partial charge is 0.277 e. The van der Waals surface area contributed by atoms with Crippen molar-refractivity contribution in [3.8, 4) is 11.6 Å². The van der Waals surface area contributed by atoms with Crippen molar-refractivity contribution in [2.45, 2.75) is 26.2 Å². The van der Waals surface area contributed by atoms with Gasteiger partial charge >= 0.3 is 0 Å². The van der Waals surface area contributed by atoms with E-state index in [2.05, 4.69) is 25.5 Å². The van der Waals surface area contributed by atoms with Gasteiger partial charge in [0.15, 0.2) is 5.69 Å². The lowest BCUT2D eigenvalue weighted by atomic mass is 9.92. The van der Waals surface area contributed by atoms with E-state index in [1.165, 1.54) is 21.5 Å². The number of benzene rings is 1. The minimum absolute atomic E-state index is 0.0232. The summed E-state index contributed by atoms with van der Waals surface area (Å²) in [6.45, 7) is 6.05. The molecule has 0 aliphatic heterocycles. The van der Waals surface area contributed by atoms with Gasteiger partial charge in [0.1, 0.15) is 5.82 Å². The van der Waals surface area contributed by atoms with Crippen LogP contribution in [-0.2, 0) is 5.41 Å². The summed E-state index contributed by atoms with van der Waals surface area (Å²) < 4.78 is 2.95. The van der Waals surface area contributed by atoms with Gasteiger partial charge in [-0.25, -0.2) is 14.6 Å². The van der Waals surface area contributed by atoms with Gasteiger partial charge in [-0.1, -0.05) is 20.8 Å². The van der Waals surface area contributed by atoms with E-state index in [-0.39, 0.29) is 16.8 Å². The van der Waals surface area contributed by atoms with Crippen molar-refractivity contribution in [2.75, 3.05) is 5.32 Å². The average Bonchev–Trinajstić information content (AvgIpc) is 3.42. The zero-order valence-electron chi connectivity index (χ0n) is 17.6. The predicted molar refractivity (Wildman–Crippen MR) is 116 cm³/mol. The molecule has 3 aromatic heterocycles. The molecule has 11 nitrogen and oxygen atoms in total. The second kappa shape index (κ2) is 8.02. The molecular formula is C21H20N8O3. The van der Waals surface area contributed by atoms with Crippen LogP contribution in [0, 0.1) is 10.1 Å². The third kappa shape index (κ3) is 4.21. The zero-order valence-corrected chi connectivity index (χ0v) is 17.6. The quantitative estimate of drug-likeness (QED) is 0.378. The van der Waals surface area contributed by atoms with Gasteiger partial charge in [-0.05, 0) is 24.3 Å². The summed E-state index contributed by atoms with van der Waals surface area (Å²) in [4.78, 5) is 31.7. The van der Waals surface area contributed by atoms with Crippen LogP contribution in [0.3, 0.4) is 0 Å². The highest BCUT2D eigenvalue weighted by atomic mass is 16.6. The molecule has 0 saturated heterocycles. The summed E-state index contributed by atoms with van der Waals surface area (Å²) in [5.41, 5.74) is 1.24. The summed E-state index contributed by atoms with van der Waals surface area (Å²) >= 11 is 0. The Morgan fingerprint density at radius 1 is 1.06 bits per heavy atom. The average molecular weight is 432 g/mol. The van der Waals surface area contributed by atoms with Crippen molar-refractivity contribution in [3.05, 3.63) is 82.6 Å². The number of non-ortho nitro benzene ring substituents is 1. The standard InChI is InChI=1S/C21H20N8O3/c1-21(2,3)17-13-18(28(26-17)20-22-10-4-11-23-20)24-19(30)16-9-12-27(25-16)14-5-7-15(8-6-14)29(31)32/h4-13H,1-3H3,(H,24,30). The Kier molecular flexibility index (Phi) is 5.23. The molecule has 3 heterocycles. The monoisotopic (exact) mass is 432 g/mol. The molecule has 4 aromatic rings. The molecule has 0 radical (unpaired) electrons. The molecule has 0 unspecified atom stereocenters. The molecule has 1 amide bonds. The van der Waals surface area contributed by atoms with Gasteiger partial charge in [0.2, 0.25) is 0 Å². The van der Waals surface area contributed by atoms with Gasteiger partial charge in [-0.2, -0.15) is 14.9 Å². The number of nitrogens with one attached hydrogen (secondary N) is 1. The van der Waals surface area contributed by atoms with Crippen LogP contribution in [-0.4, -0.2) is 40.4 Å². The lowest BCUT2D eigenvalue weighted by molar-refractivity contribution is -0.384. The first-order valence-corrected chi connectivity index (χ1v) is 9.72. The molecule has 0 atom stereocenters. The van der Waals surface area contributed by atoms with Crippen molar-refractivity contribution >= 4 is 17.4 Å². The Morgan fingerprint density at radius 2 is 1.75 bits per heavy atom. The molecule has 0 bridgehead atoms. The van der Waals surface area contributed by atoms with Gasteiger partial charge < -0.3 is 5.32 Å². The number of hydrogen-bond acceptors (Lipinski definition) is 7. The van der Waals surface area contributed by atoms with Crippen molar-refractivity contribution in [3.63, 3.8) is 0 Å². The van der Waals surface area contributed by atoms with Crippen molar-refractivity contribution in [1.29, 1.82) is 0 Å². The van der Waals surface area contributed by atoms with Crippen LogP contribution in [0.15, 0.2) is 61.1 Å². The summed E-state index contributed by atoms with van der Waals surface area (Å²) in [6.07, 6.45) is 4.80. The maximum absolute atomic E-state index is 12.9. The molecule has 0 aliphatic carbocycles. The summed E-state index contributed by atoms with van der Waals surface area (Å²) in [7, 11) is 0. The lowest BCUT2D eigenvalue weighted by Gasteiger charge is -2.13. The highest BCUT2D eigenvalue weighted by Crippen LogP contribution is 2.25. The Morgan fingerprint density at radius 3 is 2.38 bits per heavy atom. The van der Waals surface area contributed by atoms with Crippen LogP contribution >= 0.6 is 0 Å². The first-order chi connectivity index (χ1) is 15.2. The molecule has 0 fully saturated rings. The Hall–Kier alpha value is -4.41. The minimum Gasteiger partial charge on any atom is -0.305 e. The highest BCUT2D eigenvalue weighted by molar-refractivity contribution is 6.02. The second-order valence-corrected chi connectivity index (χ2v) is 8.00. The van der Waals surface area contributed by atoms with Crippen LogP contribution in [0.5, 0.6) is 0 Å². The molecule has 4 rings (SSSR count). The van der Waals surface area contributed by atoms with Crippen LogP contribution in [0.4, 0.5) is 11.5 Å². The number of carbonyl (C=O) groups is 1. The van der Waals surface area contributed by atoms with Crippen molar-refractivity contribution < 1.29 is 9.72 Å². The molecule has 0 spiro atoms. The fourth-order valence-corrected chi connectivity index (χ4v) is 2.89. The molecule has 0 saturated carbocycles. The maximum atomic E-state index is 12.9. The van der Waals surface area contributed by atoms with Crippen LogP contribution in [0.2, 0.25) is 0 Å². The molecule has 32 heavy (non-hydrogen) atoms. The molecule has 1 aromatic carbocycles. The van der Waals surface area contributed by atoms with Crippen LogP contribution in [0.1, 0.15) is 37.0 Å². The first-order valence-electron chi connectivity index (χ1n) is 9.72. The van der Waals surface area contributed by atoms with Gasteiger partial charge in [0.25, 0.3) is 17.5 Å². The zero-order chi connectivity index (χ0) is 22.9. The Labute approximate surface area is 182 Å². The maximum Gasteiger partial charge on any atom is 0.277 e. The van der Waals surface area contributed by atoms with Gasteiger partial charge in [-0.15, -0.1) is 0 Å². The number of nitro benzene ring substituents is 1. The van der Waals surface area contributed by atoms with E-state index < -0.39 is 10.8 Å². The van der Waals surface area contributed by atoms with E-state index in [1.807, 2.05) is 20.8 Å². The van der Waals surface area contributed by atoms with Crippen molar-refractivity contribution in [2.24, 2.45) is 0 Å². The van der Waals surface area contributed by atoms with E-state index >= 15 is 0 Å². The fraction of sp³-hybridized carbons (Fsp3) is 0.190. The van der Waals surface area contributed by atoms with E-state index in [9.17, 15) is 14.9 Å². The van der Waals surface area contributed by atoms with Gasteiger partial charge in [0, 0.05) is 42.2 Å². The number of anilines is 1. The van der Waals surface area contributed by atoms with E-state index in [1.54, 1.807) is 48.9 Å². The number of rotatable bonds is 5. The topological polar surface area (TPSA) is 134 Å². The lowest BCUT2D eigenvalue weighted by Crippen LogP contribution is -2.17. The van der Waals surface area contributed by atoms with Crippen LogP contribution < -0.4 is 5.32 Å². The number of hydrogen-bond donors (Lipinski definition) is 1. The Bertz CT molecular complexity index is 1270. The van der Waals surface area contributed by atoms with E-state index in [0.29, 0.717) is 17.5 Å². The second-order valence-electron chi connectivity index (χ2n) is 8.00. The first kappa shape index (κ1) is 20.8. The van der Waals surface area contributed by atoms with Crippen LogP contribution in [0.25, 0.3) is 11.6 Å². The van der Waals surface area contributed by atoms with Crippen molar-refractivity contribution in [1.82, 2.24) is 29.5 Å². The summed E-state index contributed by atoms with van der Waals surface area (Å²) in [5, 5.41) is 22.5. The minimum atomic E-state index is -0.475. The number of aromatic nitrogens is 6. The summed E-state index contributed by atoms with van der Waals surface area (Å²) in [6, 6.07) is 10.9. The molecule has 162 valence electrons. The fourth-order valence-electron chi connectivity index (χ4n) is 2.89. The molecule has 11 heteroatoms. The third-order valence-electron chi connectivity index (χ3n) is 4.61. The third-order valence-corrected chi connectivity index (χ3v) is 4.61.